The van der Waals surface area contributed by atoms with E-state index in [1.807, 2.05) is 37.3 Å². The predicted octanol–water partition coefficient (Wildman–Crippen LogP) is 1.91. The highest BCUT2D eigenvalue weighted by atomic mass is 16.6. The Morgan fingerprint density at radius 2 is 2.14 bits per heavy atom. The van der Waals surface area contributed by atoms with E-state index in [1.54, 1.807) is 0 Å². The first kappa shape index (κ1) is 15.3. The van der Waals surface area contributed by atoms with Gasteiger partial charge in [-0.15, -0.1) is 0 Å². The molecule has 0 spiro atoms. The summed E-state index contributed by atoms with van der Waals surface area (Å²) in [4.78, 5) is 9.73. The average Bonchev–Trinajstić information content (AvgIpc) is 2.51. The highest BCUT2D eigenvalue weighted by molar-refractivity contribution is 5.98. The van der Waals surface area contributed by atoms with E-state index in [-0.39, 0.29) is 0 Å². The van der Waals surface area contributed by atoms with Gasteiger partial charge >= 0.3 is 0 Å². The van der Waals surface area contributed by atoms with Crippen molar-refractivity contribution in [1.82, 2.24) is 9.80 Å². The summed E-state index contributed by atoms with van der Waals surface area (Å²) in [5.74, 6) is 0.876. The van der Waals surface area contributed by atoms with Gasteiger partial charge in [0, 0.05) is 31.2 Å². The molecule has 1 fully saturated rings. The van der Waals surface area contributed by atoms with Gasteiger partial charge in [0.2, 0.25) is 0 Å². The quantitative estimate of drug-likeness (QED) is 0.367. The molecule has 0 radical (unpaired) electrons. The minimum atomic E-state index is 0.328. The second-order valence-electron chi connectivity index (χ2n) is 5.12. The number of benzene rings is 1. The number of oxime groups is 1. The highest BCUT2D eigenvalue weighted by Gasteiger charge is 2.26. The summed E-state index contributed by atoms with van der Waals surface area (Å²) in [6.45, 7) is 7.69. The fourth-order valence-corrected chi connectivity index (χ4v) is 2.52. The van der Waals surface area contributed by atoms with Crippen LogP contribution in [0.25, 0.3) is 0 Å². The molecule has 5 nitrogen and oxygen atoms in total. The molecule has 1 aromatic carbocycles. The van der Waals surface area contributed by atoms with Crippen LogP contribution in [0.2, 0.25) is 0 Å². The number of hydrogen-bond donors (Lipinski definition) is 0. The van der Waals surface area contributed by atoms with Gasteiger partial charge in [-0.1, -0.05) is 35.5 Å². The summed E-state index contributed by atoms with van der Waals surface area (Å²) in [5, 5.41) is 13.2. The van der Waals surface area contributed by atoms with E-state index in [1.165, 1.54) is 0 Å². The van der Waals surface area contributed by atoms with Crippen LogP contribution in [-0.4, -0.2) is 54.5 Å². The molecule has 112 valence electrons. The molecule has 0 N–H and O–H groups in total. The van der Waals surface area contributed by atoms with Gasteiger partial charge in [-0.05, 0) is 13.8 Å². The molecular formula is C16H22N4O. The molecular weight excluding hydrogens is 264 g/mol. The summed E-state index contributed by atoms with van der Waals surface area (Å²) in [6.07, 6.45) is 0. The lowest BCUT2D eigenvalue weighted by Gasteiger charge is -2.39. The largest absolute Gasteiger partial charge is 0.394 e. The van der Waals surface area contributed by atoms with Gasteiger partial charge in [0.15, 0.2) is 5.84 Å². The van der Waals surface area contributed by atoms with Gasteiger partial charge in [-0.25, -0.2) is 0 Å². The number of nitriles is 1. The summed E-state index contributed by atoms with van der Waals surface area (Å²) >= 11 is 0. The second-order valence-corrected chi connectivity index (χ2v) is 5.12. The lowest BCUT2D eigenvalue weighted by atomic mass is 10.1. The molecule has 0 aliphatic carbocycles. The summed E-state index contributed by atoms with van der Waals surface area (Å²) in [5.41, 5.74) is 1.06. The molecule has 1 atom stereocenters. The van der Waals surface area contributed by atoms with Gasteiger partial charge in [0.25, 0.3) is 0 Å². The zero-order chi connectivity index (χ0) is 15.1. The number of nitrogens with zero attached hydrogens (tertiary/aromatic N) is 4. The normalized spacial score (nSPS) is 20.1. The molecule has 1 heterocycles. The molecule has 0 saturated carbocycles. The second kappa shape index (κ2) is 7.65. The van der Waals surface area contributed by atoms with E-state index in [0.717, 1.165) is 31.0 Å². The van der Waals surface area contributed by atoms with Crippen molar-refractivity contribution in [3.63, 3.8) is 0 Å². The van der Waals surface area contributed by atoms with Crippen LogP contribution in [-0.2, 0) is 4.84 Å². The molecule has 0 bridgehead atoms. The van der Waals surface area contributed by atoms with Crippen molar-refractivity contribution in [3.05, 3.63) is 35.9 Å². The minimum Gasteiger partial charge on any atom is -0.394 e. The molecule has 0 aromatic heterocycles. The lowest BCUT2D eigenvalue weighted by molar-refractivity contribution is 0.123. The first-order valence-electron chi connectivity index (χ1n) is 7.37. The average molecular weight is 286 g/mol. The molecule has 1 aromatic rings. The van der Waals surface area contributed by atoms with Crippen LogP contribution in [0.1, 0.15) is 19.4 Å². The van der Waals surface area contributed by atoms with Gasteiger partial charge < -0.3 is 9.74 Å². The van der Waals surface area contributed by atoms with Crippen molar-refractivity contribution < 1.29 is 4.84 Å². The zero-order valence-electron chi connectivity index (χ0n) is 12.7. The first-order valence-corrected chi connectivity index (χ1v) is 7.37. The van der Waals surface area contributed by atoms with E-state index >= 15 is 0 Å². The van der Waals surface area contributed by atoms with Gasteiger partial charge in [0.1, 0.15) is 6.61 Å². The van der Waals surface area contributed by atoms with E-state index < -0.39 is 0 Å². The van der Waals surface area contributed by atoms with Crippen LogP contribution < -0.4 is 0 Å². The molecule has 5 heteroatoms. The topological polar surface area (TPSA) is 51.9 Å². The zero-order valence-corrected chi connectivity index (χ0v) is 12.7. The first-order chi connectivity index (χ1) is 10.3. The van der Waals surface area contributed by atoms with Crippen LogP contribution in [0.15, 0.2) is 35.5 Å². The van der Waals surface area contributed by atoms with E-state index in [4.69, 9.17) is 10.1 Å². The van der Waals surface area contributed by atoms with Gasteiger partial charge in [-0.2, -0.15) is 5.26 Å². The van der Waals surface area contributed by atoms with Gasteiger partial charge in [-0.3, -0.25) is 4.90 Å². The molecule has 1 aliphatic rings. The lowest BCUT2D eigenvalue weighted by Crippen LogP contribution is -2.53. The van der Waals surface area contributed by atoms with Crippen molar-refractivity contribution >= 4 is 5.84 Å². The Kier molecular flexibility index (Phi) is 5.59. The third kappa shape index (κ3) is 3.96. The number of piperazine rings is 1. The molecule has 2 rings (SSSR count). The van der Waals surface area contributed by atoms with E-state index in [9.17, 15) is 0 Å². The van der Waals surface area contributed by atoms with E-state index in [0.29, 0.717) is 19.2 Å². The number of hydrogen-bond acceptors (Lipinski definition) is 4. The Labute approximate surface area is 126 Å². The van der Waals surface area contributed by atoms with Crippen LogP contribution >= 0.6 is 0 Å². The highest BCUT2D eigenvalue weighted by Crippen LogP contribution is 2.14. The smallest absolute Gasteiger partial charge is 0.175 e. The van der Waals surface area contributed by atoms with Crippen molar-refractivity contribution in [2.45, 2.75) is 19.9 Å². The van der Waals surface area contributed by atoms with E-state index in [2.05, 4.69) is 27.9 Å². The molecule has 1 saturated heterocycles. The fraction of sp³-hybridized carbons (Fsp3) is 0.500. The third-order valence-corrected chi connectivity index (χ3v) is 3.65. The Bertz CT molecular complexity index is 509. The maximum atomic E-state index is 8.86. The van der Waals surface area contributed by atoms with Crippen LogP contribution in [0.3, 0.4) is 0 Å². The monoisotopic (exact) mass is 286 g/mol. The van der Waals surface area contributed by atoms with Crippen LogP contribution in [0.4, 0.5) is 0 Å². The maximum Gasteiger partial charge on any atom is 0.175 e. The van der Waals surface area contributed by atoms with Crippen LogP contribution in [0, 0.1) is 11.3 Å². The molecule has 0 amide bonds. The molecule has 1 aliphatic heterocycles. The van der Waals surface area contributed by atoms with Gasteiger partial charge in [0.05, 0.1) is 12.6 Å². The number of amidine groups is 1. The van der Waals surface area contributed by atoms with Crippen molar-refractivity contribution in [3.8, 4) is 6.07 Å². The Hall–Kier alpha value is -2.06. The third-order valence-electron chi connectivity index (χ3n) is 3.65. The number of rotatable bonds is 4. The predicted molar refractivity (Wildman–Crippen MR) is 82.8 cm³/mol. The summed E-state index contributed by atoms with van der Waals surface area (Å²) in [7, 11) is 0. The van der Waals surface area contributed by atoms with Crippen LogP contribution in [0.5, 0.6) is 0 Å². The maximum absolute atomic E-state index is 8.86. The van der Waals surface area contributed by atoms with Crippen molar-refractivity contribution in [2.75, 3.05) is 32.8 Å². The molecule has 0 unspecified atom stereocenters. The van der Waals surface area contributed by atoms with Crippen molar-refractivity contribution in [2.24, 2.45) is 5.16 Å². The summed E-state index contributed by atoms with van der Waals surface area (Å²) < 4.78 is 0. The Balaban J connectivity index is 2.14. The molecule has 21 heavy (non-hydrogen) atoms. The fourth-order valence-electron chi connectivity index (χ4n) is 2.52. The SMILES string of the molecule is CCON=C(c1ccccc1)N1CCN(CC#N)[C@H](C)C1. The van der Waals surface area contributed by atoms with Crippen molar-refractivity contribution in [1.29, 1.82) is 5.26 Å². The minimum absolute atomic E-state index is 0.328. The summed E-state index contributed by atoms with van der Waals surface area (Å²) in [6, 6.07) is 12.7. The Morgan fingerprint density at radius 3 is 2.76 bits per heavy atom. The standard InChI is InChI=1S/C16H22N4O/c1-3-21-18-16(15-7-5-4-6-8-15)20-12-11-19(10-9-17)14(2)13-20/h4-8,14H,3,10-13H2,1-2H3/t14-/m1/s1. The Morgan fingerprint density at radius 1 is 1.38 bits per heavy atom.